The minimum absolute atomic E-state index is 0.0217. The molecular weight excluding hydrogens is 470 g/mol. The van der Waals surface area contributed by atoms with Gasteiger partial charge in [-0.25, -0.2) is 4.79 Å². The van der Waals surface area contributed by atoms with Gasteiger partial charge in [-0.3, -0.25) is 9.59 Å². The Bertz CT molecular complexity index is 1360. The van der Waals surface area contributed by atoms with Gasteiger partial charge in [0, 0.05) is 61.0 Å². The van der Waals surface area contributed by atoms with Crippen molar-refractivity contribution in [1.82, 2.24) is 25.1 Å². The van der Waals surface area contributed by atoms with Gasteiger partial charge in [0.15, 0.2) is 0 Å². The zero-order valence-electron chi connectivity index (χ0n) is 21.6. The van der Waals surface area contributed by atoms with Gasteiger partial charge < -0.3 is 29.8 Å². The summed E-state index contributed by atoms with van der Waals surface area (Å²) in [6, 6.07) is 10.4. The molecule has 2 aliphatic rings. The number of hydrogen-bond acceptors (Lipinski definition) is 4. The molecule has 37 heavy (non-hydrogen) atoms. The highest BCUT2D eigenvalue weighted by Crippen LogP contribution is 2.35. The maximum absolute atomic E-state index is 13.2. The minimum Gasteiger partial charge on any atom is -0.497 e. The molecule has 1 saturated heterocycles. The number of likely N-dealkylation sites (tertiary alicyclic amines) is 1. The van der Waals surface area contributed by atoms with Gasteiger partial charge in [-0.2, -0.15) is 0 Å². The van der Waals surface area contributed by atoms with Crippen molar-refractivity contribution in [3.63, 3.8) is 0 Å². The average Bonchev–Trinajstić information content (AvgIpc) is 3.29. The van der Waals surface area contributed by atoms with E-state index in [0.29, 0.717) is 32.6 Å². The number of amides is 3. The Morgan fingerprint density at radius 1 is 1.16 bits per heavy atom. The molecule has 0 aliphatic carbocycles. The van der Waals surface area contributed by atoms with E-state index < -0.39 is 6.04 Å². The van der Waals surface area contributed by atoms with E-state index in [1.807, 2.05) is 53.8 Å². The Morgan fingerprint density at radius 2 is 2.00 bits per heavy atom. The second-order valence-corrected chi connectivity index (χ2v) is 10.5. The summed E-state index contributed by atoms with van der Waals surface area (Å²) in [5.74, 6) is 0.906. The number of nitrogens with zero attached hydrogens (tertiary/aromatic N) is 2. The normalized spacial score (nSPS) is 19.4. The number of hydrogen-bond donors (Lipinski definition) is 3. The number of rotatable bonds is 7. The predicted molar refractivity (Wildman–Crippen MR) is 142 cm³/mol. The van der Waals surface area contributed by atoms with E-state index in [-0.39, 0.29) is 35.3 Å². The number of ether oxygens (including phenoxy) is 1. The molecule has 0 spiro atoms. The van der Waals surface area contributed by atoms with Crippen molar-refractivity contribution < 1.29 is 14.3 Å². The van der Waals surface area contributed by atoms with Crippen LogP contribution in [0.5, 0.6) is 5.75 Å². The molecule has 9 nitrogen and oxygen atoms in total. The van der Waals surface area contributed by atoms with Gasteiger partial charge in [-0.15, -0.1) is 0 Å². The number of piperidine rings is 1. The van der Waals surface area contributed by atoms with E-state index >= 15 is 0 Å². The third kappa shape index (κ3) is 5.08. The van der Waals surface area contributed by atoms with Crippen molar-refractivity contribution in [3.8, 4) is 5.75 Å². The average molecular weight is 506 g/mol. The molecule has 2 unspecified atom stereocenters. The zero-order valence-corrected chi connectivity index (χ0v) is 21.6. The number of nitrogens with one attached hydrogen (secondary N) is 3. The van der Waals surface area contributed by atoms with Crippen LogP contribution >= 0.6 is 0 Å². The Hall–Kier alpha value is -3.75. The van der Waals surface area contributed by atoms with Crippen LogP contribution in [0.2, 0.25) is 0 Å². The van der Waals surface area contributed by atoms with Crippen LogP contribution in [0, 0.1) is 11.8 Å². The molecule has 1 fully saturated rings. The molecule has 3 amide bonds. The van der Waals surface area contributed by atoms with E-state index in [1.54, 1.807) is 19.2 Å². The summed E-state index contributed by atoms with van der Waals surface area (Å²) in [6.45, 7) is 6.08. The summed E-state index contributed by atoms with van der Waals surface area (Å²) in [7, 11) is 1.64. The second kappa shape index (κ2) is 10.3. The number of carbonyl (C=O) groups excluding carboxylic acids is 2. The minimum atomic E-state index is -0.632. The van der Waals surface area contributed by atoms with Gasteiger partial charge in [-0.1, -0.05) is 19.9 Å². The highest BCUT2D eigenvalue weighted by molar-refractivity contribution is 5.88. The van der Waals surface area contributed by atoms with Gasteiger partial charge >= 0.3 is 6.03 Å². The molecular formula is C28H35N5O4. The molecule has 3 N–H and O–H groups in total. The smallest absolute Gasteiger partial charge is 0.318 e. The third-order valence-electron chi connectivity index (χ3n) is 7.66. The first-order chi connectivity index (χ1) is 17.8. The lowest BCUT2D eigenvalue weighted by Gasteiger charge is -2.43. The highest BCUT2D eigenvalue weighted by Gasteiger charge is 2.37. The molecule has 2 bridgehead atoms. The summed E-state index contributed by atoms with van der Waals surface area (Å²) in [6.07, 6.45) is 3.59. The number of benzene rings is 1. The molecule has 0 saturated carbocycles. The predicted octanol–water partition coefficient (Wildman–Crippen LogP) is 2.85. The number of aromatic amines is 1. The van der Waals surface area contributed by atoms with E-state index in [4.69, 9.17) is 4.74 Å². The lowest BCUT2D eigenvalue weighted by molar-refractivity contribution is -0.123. The molecule has 196 valence electrons. The summed E-state index contributed by atoms with van der Waals surface area (Å²) < 4.78 is 7.19. The van der Waals surface area contributed by atoms with Crippen LogP contribution in [0.3, 0.4) is 0 Å². The Kier molecular flexibility index (Phi) is 6.95. The lowest BCUT2D eigenvalue weighted by atomic mass is 9.83. The SMILES string of the molecule is COc1ccc2[nH]cc(CCNC(=O)[C@@H](NC(=O)N3CC4CC(C3)c3cccc(=O)n3C4)C(C)C)c2c1. The first kappa shape index (κ1) is 24.9. The van der Waals surface area contributed by atoms with E-state index in [0.717, 1.165) is 34.3 Å². The molecule has 2 aliphatic heterocycles. The van der Waals surface area contributed by atoms with Crippen LogP contribution < -0.4 is 20.9 Å². The highest BCUT2D eigenvalue weighted by atomic mass is 16.5. The maximum Gasteiger partial charge on any atom is 0.318 e. The monoisotopic (exact) mass is 505 g/mol. The summed E-state index contributed by atoms with van der Waals surface area (Å²) in [5.41, 5.74) is 3.13. The van der Waals surface area contributed by atoms with Crippen molar-refractivity contribution in [3.05, 3.63) is 64.2 Å². The Labute approximate surface area is 216 Å². The quantitative estimate of drug-likeness (QED) is 0.459. The van der Waals surface area contributed by atoms with Crippen LogP contribution in [-0.4, -0.2) is 59.2 Å². The van der Waals surface area contributed by atoms with Crippen LogP contribution in [0.15, 0.2) is 47.4 Å². The van der Waals surface area contributed by atoms with Gasteiger partial charge in [-0.05, 0) is 54.5 Å². The van der Waals surface area contributed by atoms with Crippen molar-refractivity contribution in [1.29, 1.82) is 0 Å². The summed E-state index contributed by atoms with van der Waals surface area (Å²) >= 11 is 0. The number of fused-ring (bicyclic) bond motifs is 5. The molecule has 9 heteroatoms. The topological polar surface area (TPSA) is 108 Å². The molecule has 0 radical (unpaired) electrons. The summed E-state index contributed by atoms with van der Waals surface area (Å²) in [4.78, 5) is 43.7. The lowest BCUT2D eigenvalue weighted by Crippen LogP contribution is -2.57. The number of carbonyl (C=O) groups is 2. The standard InChI is InChI=1S/C28H35N5O4/c1-17(2)26(27(35)29-10-9-19-13-30-23-8-7-21(37-3)12-22(19)23)31-28(36)32-14-18-11-20(16-32)24-5-4-6-25(34)33(24)15-18/h4-8,12-13,17-18,20,26,30H,9-11,14-16H2,1-3H3,(H,29,35)(H,31,36)/t18?,20?,26-/m0/s1. The molecule has 5 rings (SSSR count). The van der Waals surface area contributed by atoms with E-state index in [9.17, 15) is 14.4 Å². The van der Waals surface area contributed by atoms with Crippen molar-refractivity contribution >= 4 is 22.8 Å². The molecule has 2 aromatic heterocycles. The first-order valence-electron chi connectivity index (χ1n) is 13.0. The first-order valence-corrected chi connectivity index (χ1v) is 13.0. The van der Waals surface area contributed by atoms with Crippen molar-refractivity contribution in [2.45, 2.75) is 45.2 Å². The number of methoxy groups -OCH3 is 1. The van der Waals surface area contributed by atoms with Crippen molar-refractivity contribution in [2.24, 2.45) is 11.8 Å². The fourth-order valence-electron chi connectivity index (χ4n) is 5.74. The van der Waals surface area contributed by atoms with E-state index in [1.165, 1.54) is 0 Å². The maximum atomic E-state index is 13.2. The van der Waals surface area contributed by atoms with Crippen LogP contribution in [0.4, 0.5) is 4.79 Å². The largest absolute Gasteiger partial charge is 0.497 e. The fraction of sp³-hybridized carbons (Fsp3) is 0.464. The number of H-pyrrole nitrogens is 1. The van der Waals surface area contributed by atoms with Crippen LogP contribution in [-0.2, 0) is 17.8 Å². The van der Waals surface area contributed by atoms with E-state index in [2.05, 4.69) is 15.6 Å². The van der Waals surface area contributed by atoms with Crippen molar-refractivity contribution in [2.75, 3.05) is 26.7 Å². The molecule has 3 aromatic rings. The van der Waals surface area contributed by atoms with Crippen LogP contribution in [0.1, 0.15) is 37.4 Å². The number of urea groups is 1. The van der Waals surface area contributed by atoms with Gasteiger partial charge in [0.1, 0.15) is 11.8 Å². The van der Waals surface area contributed by atoms with Gasteiger partial charge in [0.05, 0.1) is 7.11 Å². The second-order valence-electron chi connectivity index (χ2n) is 10.5. The molecule has 1 aromatic carbocycles. The zero-order chi connectivity index (χ0) is 26.1. The Morgan fingerprint density at radius 3 is 2.78 bits per heavy atom. The molecule has 3 atom stereocenters. The number of pyridine rings is 1. The van der Waals surface area contributed by atoms with Gasteiger partial charge in [0.2, 0.25) is 5.91 Å². The van der Waals surface area contributed by atoms with Crippen LogP contribution in [0.25, 0.3) is 10.9 Å². The fourth-order valence-corrected chi connectivity index (χ4v) is 5.74. The Balaban J connectivity index is 1.19. The van der Waals surface area contributed by atoms with Gasteiger partial charge in [0.25, 0.3) is 5.56 Å². The number of aromatic nitrogens is 2. The summed E-state index contributed by atoms with van der Waals surface area (Å²) in [5, 5.41) is 7.06. The molecule has 4 heterocycles. The third-order valence-corrected chi connectivity index (χ3v) is 7.66.